The van der Waals surface area contributed by atoms with Gasteiger partial charge in [0.1, 0.15) is 6.04 Å². The first-order chi connectivity index (χ1) is 13.6. The fourth-order valence-electron chi connectivity index (χ4n) is 3.76. The number of piperazine rings is 1. The Labute approximate surface area is 169 Å². The molecule has 1 N–H and O–H groups in total. The first-order valence-corrected chi connectivity index (χ1v) is 9.92. The summed E-state index contributed by atoms with van der Waals surface area (Å²) < 4.78 is 0. The van der Waals surface area contributed by atoms with Crippen LogP contribution in [0.4, 0.5) is 16.2 Å². The third-order valence-electron chi connectivity index (χ3n) is 5.31. The number of benzene rings is 2. The predicted molar refractivity (Wildman–Crippen MR) is 111 cm³/mol. The van der Waals surface area contributed by atoms with Gasteiger partial charge in [0.25, 0.3) is 0 Å². The maximum atomic E-state index is 12.7. The van der Waals surface area contributed by atoms with Gasteiger partial charge in [-0.3, -0.25) is 4.79 Å². The van der Waals surface area contributed by atoms with Crippen LogP contribution in [0.1, 0.15) is 6.42 Å². The number of carbonyl (C=O) groups excluding carboxylic acids is 2. The van der Waals surface area contributed by atoms with E-state index >= 15 is 0 Å². The molecule has 28 heavy (non-hydrogen) atoms. The Morgan fingerprint density at radius 2 is 1.64 bits per heavy atom. The summed E-state index contributed by atoms with van der Waals surface area (Å²) >= 11 is 6.07. The monoisotopic (exact) mass is 398 g/mol. The third kappa shape index (κ3) is 3.92. The molecule has 2 aromatic rings. The van der Waals surface area contributed by atoms with Gasteiger partial charge in [0, 0.05) is 49.1 Å². The number of nitrogens with one attached hydrogen (secondary N) is 1. The average molecular weight is 399 g/mol. The highest BCUT2D eigenvalue weighted by atomic mass is 35.5. The second-order valence-electron chi connectivity index (χ2n) is 7.07. The quantitative estimate of drug-likeness (QED) is 0.864. The molecule has 0 aliphatic carbocycles. The van der Waals surface area contributed by atoms with Crippen LogP contribution in [-0.4, -0.2) is 55.6 Å². The summed E-state index contributed by atoms with van der Waals surface area (Å²) in [5.41, 5.74) is 1.94. The van der Waals surface area contributed by atoms with Crippen LogP contribution in [-0.2, 0) is 4.79 Å². The normalized spacial score (nSPS) is 19.8. The van der Waals surface area contributed by atoms with Gasteiger partial charge >= 0.3 is 6.03 Å². The molecule has 1 atom stereocenters. The summed E-state index contributed by atoms with van der Waals surface area (Å²) in [7, 11) is 0. The topological polar surface area (TPSA) is 55.9 Å². The van der Waals surface area contributed by atoms with Gasteiger partial charge in [0.15, 0.2) is 0 Å². The number of urea groups is 1. The van der Waals surface area contributed by atoms with Crippen molar-refractivity contribution in [3.63, 3.8) is 0 Å². The van der Waals surface area contributed by atoms with E-state index in [-0.39, 0.29) is 11.9 Å². The van der Waals surface area contributed by atoms with Crippen LogP contribution in [0.25, 0.3) is 0 Å². The summed E-state index contributed by atoms with van der Waals surface area (Å²) in [6, 6.07) is 16.7. The number of nitrogens with zero attached hydrogens (tertiary/aromatic N) is 3. The Morgan fingerprint density at radius 3 is 2.36 bits per heavy atom. The Kier molecular flexibility index (Phi) is 5.39. The highest BCUT2D eigenvalue weighted by molar-refractivity contribution is 6.30. The molecule has 2 fully saturated rings. The van der Waals surface area contributed by atoms with Crippen LogP contribution in [0.5, 0.6) is 0 Å². The van der Waals surface area contributed by atoms with Crippen LogP contribution in [0.2, 0.25) is 5.02 Å². The fraction of sp³-hybridized carbons (Fsp3) is 0.333. The zero-order valence-corrected chi connectivity index (χ0v) is 16.3. The summed E-state index contributed by atoms with van der Waals surface area (Å²) in [5, 5.41) is 3.63. The minimum Gasteiger partial charge on any atom is -0.368 e. The van der Waals surface area contributed by atoms with E-state index in [2.05, 4.69) is 10.2 Å². The predicted octanol–water partition coefficient (Wildman–Crippen LogP) is 2.98. The van der Waals surface area contributed by atoms with Crippen LogP contribution in [0.3, 0.4) is 0 Å². The molecule has 0 bridgehead atoms. The zero-order chi connectivity index (χ0) is 19.5. The molecule has 0 saturated carbocycles. The molecule has 1 unspecified atom stereocenters. The van der Waals surface area contributed by atoms with E-state index in [9.17, 15) is 9.59 Å². The Balaban J connectivity index is 1.31. The number of hydrogen-bond acceptors (Lipinski definition) is 3. The molecule has 2 aliphatic heterocycles. The molecule has 2 aromatic carbocycles. The molecule has 146 valence electrons. The lowest BCUT2D eigenvalue weighted by atomic mass is 10.2. The van der Waals surface area contributed by atoms with Gasteiger partial charge in [-0.1, -0.05) is 35.9 Å². The minimum atomic E-state index is -0.460. The van der Waals surface area contributed by atoms with Crippen molar-refractivity contribution in [2.75, 3.05) is 42.5 Å². The van der Waals surface area contributed by atoms with Crippen molar-refractivity contribution in [3.05, 3.63) is 59.6 Å². The van der Waals surface area contributed by atoms with Gasteiger partial charge in [0.05, 0.1) is 0 Å². The van der Waals surface area contributed by atoms with Crippen molar-refractivity contribution in [2.45, 2.75) is 12.5 Å². The van der Waals surface area contributed by atoms with Crippen LogP contribution >= 0.6 is 11.6 Å². The first kappa shape index (κ1) is 18.6. The zero-order valence-electron chi connectivity index (χ0n) is 15.6. The van der Waals surface area contributed by atoms with Crippen molar-refractivity contribution in [1.29, 1.82) is 0 Å². The summed E-state index contributed by atoms with van der Waals surface area (Å²) in [4.78, 5) is 31.0. The summed E-state index contributed by atoms with van der Waals surface area (Å²) in [6.07, 6.45) is 0.627. The summed E-state index contributed by atoms with van der Waals surface area (Å²) in [5.74, 6) is -0.0443. The number of halogens is 1. The van der Waals surface area contributed by atoms with Crippen molar-refractivity contribution >= 4 is 34.9 Å². The van der Waals surface area contributed by atoms with Crippen LogP contribution in [0, 0.1) is 0 Å². The van der Waals surface area contributed by atoms with Crippen molar-refractivity contribution < 1.29 is 9.59 Å². The maximum absolute atomic E-state index is 12.7. The molecule has 0 aromatic heterocycles. The molecule has 3 amide bonds. The van der Waals surface area contributed by atoms with Crippen molar-refractivity contribution in [2.24, 2.45) is 0 Å². The Bertz CT molecular complexity index is 852. The molecule has 0 radical (unpaired) electrons. The van der Waals surface area contributed by atoms with Gasteiger partial charge in [-0.05, 0) is 36.8 Å². The van der Waals surface area contributed by atoms with E-state index in [0.717, 1.165) is 24.5 Å². The number of rotatable bonds is 3. The number of amides is 3. The maximum Gasteiger partial charge on any atom is 0.318 e. The SMILES string of the molecule is O=C(NC1CCN(c2ccccc2)C1=O)N1CCN(c2cccc(Cl)c2)CC1. The van der Waals surface area contributed by atoms with E-state index in [1.165, 1.54) is 0 Å². The number of para-hydroxylation sites is 1. The van der Waals surface area contributed by atoms with Gasteiger partial charge in [0.2, 0.25) is 5.91 Å². The Morgan fingerprint density at radius 1 is 0.929 bits per heavy atom. The van der Waals surface area contributed by atoms with Crippen molar-refractivity contribution in [3.8, 4) is 0 Å². The number of anilines is 2. The molecule has 6 nitrogen and oxygen atoms in total. The fourth-order valence-corrected chi connectivity index (χ4v) is 3.94. The lowest BCUT2D eigenvalue weighted by molar-refractivity contribution is -0.118. The highest BCUT2D eigenvalue weighted by Crippen LogP contribution is 2.22. The lowest BCUT2D eigenvalue weighted by Gasteiger charge is -2.36. The summed E-state index contributed by atoms with van der Waals surface area (Å²) in [6.45, 7) is 3.32. The molecule has 2 heterocycles. The minimum absolute atomic E-state index is 0.0443. The van der Waals surface area contributed by atoms with Gasteiger partial charge in [-0.2, -0.15) is 0 Å². The molecular formula is C21H23ClN4O2. The average Bonchev–Trinajstić information content (AvgIpc) is 3.09. The first-order valence-electron chi connectivity index (χ1n) is 9.54. The lowest BCUT2D eigenvalue weighted by Crippen LogP contribution is -2.54. The second kappa shape index (κ2) is 8.10. The van der Waals surface area contributed by atoms with E-state index in [4.69, 9.17) is 11.6 Å². The molecule has 2 saturated heterocycles. The van der Waals surface area contributed by atoms with Gasteiger partial charge in [-0.15, -0.1) is 0 Å². The standard InChI is InChI=1S/C21H23ClN4O2/c22-16-5-4-8-18(15-16)24-11-13-25(14-12-24)21(28)23-19-9-10-26(20(19)27)17-6-2-1-3-7-17/h1-8,15,19H,9-14H2,(H,23,28). The molecule has 2 aliphatic rings. The van der Waals surface area contributed by atoms with Crippen molar-refractivity contribution in [1.82, 2.24) is 10.2 Å². The largest absolute Gasteiger partial charge is 0.368 e. The smallest absolute Gasteiger partial charge is 0.318 e. The Hall–Kier alpha value is -2.73. The molecule has 0 spiro atoms. The van der Waals surface area contributed by atoms with E-state index in [1.807, 2.05) is 54.6 Å². The van der Waals surface area contributed by atoms with E-state index in [0.29, 0.717) is 31.1 Å². The number of carbonyl (C=O) groups is 2. The third-order valence-corrected chi connectivity index (χ3v) is 5.55. The second-order valence-corrected chi connectivity index (χ2v) is 7.51. The van der Waals surface area contributed by atoms with Crippen LogP contribution in [0.15, 0.2) is 54.6 Å². The van der Waals surface area contributed by atoms with Gasteiger partial charge in [-0.25, -0.2) is 4.79 Å². The van der Waals surface area contributed by atoms with Gasteiger partial charge < -0.3 is 20.0 Å². The van der Waals surface area contributed by atoms with Crippen LogP contribution < -0.4 is 15.1 Å². The van der Waals surface area contributed by atoms with E-state index in [1.54, 1.807) is 9.80 Å². The molecular weight excluding hydrogens is 376 g/mol. The molecule has 4 rings (SSSR count). The highest BCUT2D eigenvalue weighted by Gasteiger charge is 2.34. The molecule has 7 heteroatoms. The number of hydrogen-bond donors (Lipinski definition) is 1. The van der Waals surface area contributed by atoms with E-state index < -0.39 is 6.04 Å².